The largest absolute Gasteiger partial charge is 0.479 e. The molecule has 0 amide bonds. The van der Waals surface area contributed by atoms with Gasteiger partial charge in [-0.3, -0.25) is 4.68 Å². The molecule has 0 aliphatic heterocycles. The van der Waals surface area contributed by atoms with Crippen molar-refractivity contribution >= 4 is 11.7 Å². The highest BCUT2D eigenvalue weighted by atomic mass is 19.1. The number of hydrogen-bond donors (Lipinski definition) is 3. The van der Waals surface area contributed by atoms with E-state index in [1.54, 1.807) is 6.07 Å². The highest BCUT2D eigenvalue weighted by Gasteiger charge is 2.24. The van der Waals surface area contributed by atoms with Crippen LogP contribution in [-0.4, -0.2) is 37.8 Å². The second-order valence-corrected chi connectivity index (χ2v) is 4.38. The van der Waals surface area contributed by atoms with E-state index in [0.29, 0.717) is 13.0 Å². The van der Waals surface area contributed by atoms with Gasteiger partial charge >= 0.3 is 5.97 Å². The van der Waals surface area contributed by atoms with Crippen LogP contribution in [0.25, 0.3) is 0 Å². The molecule has 112 valence electrons. The number of aliphatic carboxylic acids is 1. The molecule has 0 spiro atoms. The van der Waals surface area contributed by atoms with E-state index >= 15 is 0 Å². The van der Waals surface area contributed by atoms with Crippen molar-refractivity contribution in [2.75, 3.05) is 11.9 Å². The molecule has 0 radical (unpaired) electrons. The summed E-state index contributed by atoms with van der Waals surface area (Å²) in [7, 11) is 0. The molecule has 21 heavy (non-hydrogen) atoms. The Kier molecular flexibility index (Phi) is 4.83. The average molecular weight is 294 g/mol. The summed E-state index contributed by atoms with van der Waals surface area (Å²) in [6.45, 7) is 0.431. The van der Waals surface area contributed by atoms with Gasteiger partial charge < -0.3 is 15.5 Å². The lowest BCUT2D eigenvalue weighted by Gasteiger charge is -2.13. The molecule has 7 nitrogen and oxygen atoms in total. The molecule has 3 N–H and O–H groups in total. The first-order chi connectivity index (χ1) is 10.1. The van der Waals surface area contributed by atoms with Gasteiger partial charge in [0.15, 0.2) is 6.04 Å². The van der Waals surface area contributed by atoms with E-state index in [4.69, 9.17) is 5.11 Å². The van der Waals surface area contributed by atoms with E-state index in [2.05, 4.69) is 15.6 Å². The van der Waals surface area contributed by atoms with Crippen molar-refractivity contribution in [3.05, 3.63) is 42.0 Å². The lowest BCUT2D eigenvalue weighted by atomic mass is 10.2. The minimum absolute atomic E-state index is 0.00499. The summed E-state index contributed by atoms with van der Waals surface area (Å²) >= 11 is 0. The molecule has 1 atom stereocenters. The van der Waals surface area contributed by atoms with Crippen molar-refractivity contribution in [1.82, 2.24) is 15.0 Å². The number of nitrogens with zero attached hydrogens (tertiary/aromatic N) is 3. The lowest BCUT2D eigenvalue weighted by Crippen LogP contribution is -2.21. The molecule has 0 saturated carbocycles. The molecule has 1 aromatic heterocycles. The Balaban J connectivity index is 2.17. The monoisotopic (exact) mass is 294 g/mol. The van der Waals surface area contributed by atoms with Crippen LogP contribution in [0.1, 0.15) is 18.2 Å². The molecule has 1 aromatic carbocycles. The minimum Gasteiger partial charge on any atom is -0.479 e. The Hall–Kier alpha value is -2.48. The number of carboxylic acid groups (broad SMARTS) is 1. The fourth-order valence-electron chi connectivity index (χ4n) is 1.78. The maximum atomic E-state index is 13.6. The minimum atomic E-state index is -1.20. The number of nitrogens with one attached hydrogen (secondary N) is 1. The van der Waals surface area contributed by atoms with Gasteiger partial charge in [0, 0.05) is 13.2 Å². The highest BCUT2D eigenvalue weighted by molar-refractivity contribution is 5.78. The zero-order valence-electron chi connectivity index (χ0n) is 11.1. The normalized spacial score (nSPS) is 12.1. The smallest absolute Gasteiger partial charge is 0.332 e. The van der Waals surface area contributed by atoms with Crippen LogP contribution >= 0.6 is 0 Å². The van der Waals surface area contributed by atoms with Crippen LogP contribution in [0.5, 0.6) is 0 Å². The average Bonchev–Trinajstić information content (AvgIpc) is 2.92. The van der Waals surface area contributed by atoms with Crippen LogP contribution < -0.4 is 5.32 Å². The van der Waals surface area contributed by atoms with Gasteiger partial charge in [-0.05, 0) is 18.6 Å². The summed E-state index contributed by atoms with van der Waals surface area (Å²) in [6, 6.07) is 4.59. The van der Waals surface area contributed by atoms with E-state index in [1.165, 1.54) is 29.1 Å². The maximum Gasteiger partial charge on any atom is 0.332 e. The van der Waals surface area contributed by atoms with E-state index < -0.39 is 17.8 Å². The van der Waals surface area contributed by atoms with Gasteiger partial charge in [0.1, 0.15) is 11.5 Å². The first-order valence-electron chi connectivity index (χ1n) is 6.36. The zero-order valence-corrected chi connectivity index (χ0v) is 11.1. The number of aliphatic hydroxyl groups is 1. The van der Waals surface area contributed by atoms with Crippen molar-refractivity contribution < 1.29 is 19.4 Å². The molecular weight excluding hydrogens is 279 g/mol. The number of aliphatic hydroxyl groups excluding tert-OH is 1. The fourth-order valence-corrected chi connectivity index (χ4v) is 1.78. The Morgan fingerprint density at radius 2 is 2.19 bits per heavy atom. The standard InChI is InChI=1S/C13H15FN4O3/c14-9-4-1-2-5-10(9)15-12(13(20)21)11-8-18(17-16-11)6-3-7-19/h1-2,4-5,8,12,15,19H,3,6-7H2,(H,20,21). The van der Waals surface area contributed by atoms with E-state index in [9.17, 15) is 14.3 Å². The van der Waals surface area contributed by atoms with Crippen LogP contribution in [0, 0.1) is 5.82 Å². The van der Waals surface area contributed by atoms with Crippen molar-refractivity contribution in [3.63, 3.8) is 0 Å². The Morgan fingerprint density at radius 1 is 1.43 bits per heavy atom. The van der Waals surface area contributed by atoms with Crippen molar-refractivity contribution in [2.24, 2.45) is 0 Å². The molecule has 0 saturated heterocycles. The van der Waals surface area contributed by atoms with E-state index in [0.717, 1.165) is 0 Å². The Morgan fingerprint density at radius 3 is 2.86 bits per heavy atom. The number of benzene rings is 1. The number of para-hydroxylation sites is 1. The lowest BCUT2D eigenvalue weighted by molar-refractivity contribution is -0.138. The SMILES string of the molecule is O=C(O)C(Nc1ccccc1F)c1cn(CCCO)nn1. The van der Waals surface area contributed by atoms with Crippen LogP contribution in [0.3, 0.4) is 0 Å². The van der Waals surface area contributed by atoms with Gasteiger partial charge in [-0.2, -0.15) is 0 Å². The molecular formula is C13H15FN4O3. The molecule has 0 bridgehead atoms. The number of aromatic nitrogens is 3. The van der Waals surface area contributed by atoms with Gasteiger partial charge in [0.25, 0.3) is 0 Å². The summed E-state index contributed by atoms with van der Waals surface area (Å²) in [5.41, 5.74) is 0.249. The number of carbonyl (C=O) groups is 1. The topological polar surface area (TPSA) is 100 Å². The van der Waals surface area contributed by atoms with Crippen LogP contribution in [0.4, 0.5) is 10.1 Å². The number of anilines is 1. The van der Waals surface area contributed by atoms with E-state index in [-0.39, 0.29) is 18.0 Å². The predicted octanol–water partition coefficient (Wildman–Crippen LogP) is 1.04. The summed E-state index contributed by atoms with van der Waals surface area (Å²) in [5, 5.41) is 28.2. The quantitative estimate of drug-likeness (QED) is 0.705. The summed E-state index contributed by atoms with van der Waals surface area (Å²) in [4.78, 5) is 11.3. The molecule has 1 unspecified atom stereocenters. The highest BCUT2D eigenvalue weighted by Crippen LogP contribution is 2.20. The number of hydrogen-bond acceptors (Lipinski definition) is 5. The van der Waals surface area contributed by atoms with Crippen molar-refractivity contribution in [1.29, 1.82) is 0 Å². The van der Waals surface area contributed by atoms with Gasteiger partial charge in [-0.25, -0.2) is 9.18 Å². The summed E-state index contributed by atoms with van der Waals surface area (Å²) in [6.07, 6.45) is 1.95. The second-order valence-electron chi connectivity index (χ2n) is 4.38. The van der Waals surface area contributed by atoms with Gasteiger partial charge in [-0.1, -0.05) is 17.3 Å². The fraction of sp³-hybridized carbons (Fsp3) is 0.308. The Labute approximate surface area is 120 Å². The number of halogens is 1. The zero-order chi connectivity index (χ0) is 15.2. The van der Waals surface area contributed by atoms with Gasteiger partial charge in [0.05, 0.1) is 11.9 Å². The number of aryl methyl sites for hydroxylation is 1. The number of carboxylic acids is 1. The molecule has 8 heteroatoms. The summed E-state index contributed by atoms with van der Waals surface area (Å²) < 4.78 is 15.0. The van der Waals surface area contributed by atoms with Crippen LogP contribution in [0.15, 0.2) is 30.5 Å². The van der Waals surface area contributed by atoms with E-state index in [1.807, 2.05) is 0 Å². The first kappa shape index (κ1) is 14.9. The van der Waals surface area contributed by atoms with Gasteiger partial charge in [-0.15, -0.1) is 5.10 Å². The van der Waals surface area contributed by atoms with Crippen LogP contribution in [0.2, 0.25) is 0 Å². The third kappa shape index (κ3) is 3.76. The molecule has 2 rings (SSSR count). The van der Waals surface area contributed by atoms with Crippen LogP contribution in [-0.2, 0) is 11.3 Å². The Bertz CT molecular complexity index is 617. The molecule has 0 aliphatic carbocycles. The third-order valence-corrected chi connectivity index (χ3v) is 2.82. The van der Waals surface area contributed by atoms with Crippen molar-refractivity contribution in [3.8, 4) is 0 Å². The second kappa shape index (κ2) is 6.80. The molecule has 0 fully saturated rings. The van der Waals surface area contributed by atoms with Crippen molar-refractivity contribution in [2.45, 2.75) is 19.0 Å². The molecule has 1 heterocycles. The maximum absolute atomic E-state index is 13.6. The predicted molar refractivity (Wildman–Crippen MR) is 72.1 cm³/mol. The molecule has 0 aliphatic rings. The van der Waals surface area contributed by atoms with Gasteiger partial charge in [0.2, 0.25) is 0 Å². The first-order valence-corrected chi connectivity index (χ1v) is 6.36. The molecule has 2 aromatic rings. The summed E-state index contributed by atoms with van der Waals surface area (Å²) in [5.74, 6) is -1.73. The third-order valence-electron chi connectivity index (χ3n) is 2.82. The number of rotatable bonds is 7.